The van der Waals surface area contributed by atoms with Crippen LogP contribution in [0.15, 0.2) is 47.5 Å². The molecule has 8 heteroatoms. The Kier molecular flexibility index (Phi) is 6.25. The van der Waals surface area contributed by atoms with Crippen molar-refractivity contribution in [2.24, 2.45) is 0 Å². The molecule has 0 radical (unpaired) electrons. The molecule has 0 unspecified atom stereocenters. The molecule has 1 saturated carbocycles. The summed E-state index contributed by atoms with van der Waals surface area (Å²) in [4.78, 5) is 8.81. The van der Waals surface area contributed by atoms with Gasteiger partial charge in [0.1, 0.15) is 46.6 Å². The third-order valence-corrected chi connectivity index (χ3v) is 6.21. The maximum absolute atomic E-state index is 13.0. The molecule has 4 rings (SSSR count). The highest BCUT2D eigenvalue weighted by molar-refractivity contribution is 7.98. The predicted molar refractivity (Wildman–Crippen MR) is 121 cm³/mol. The number of nitrogen functional groups attached to an aromatic ring is 1. The zero-order chi connectivity index (χ0) is 22.7. The van der Waals surface area contributed by atoms with E-state index in [1.165, 1.54) is 11.8 Å². The van der Waals surface area contributed by atoms with Crippen molar-refractivity contribution in [2.75, 3.05) is 5.73 Å². The molecule has 160 valence electrons. The summed E-state index contributed by atoms with van der Waals surface area (Å²) in [5.74, 6) is 1.20. The topological polar surface area (TPSA) is 109 Å². The molecule has 0 spiro atoms. The summed E-state index contributed by atoms with van der Waals surface area (Å²) in [6.07, 6.45) is -0.108. The molecule has 1 aliphatic carbocycles. The van der Waals surface area contributed by atoms with E-state index >= 15 is 0 Å². The predicted octanol–water partition coefficient (Wildman–Crippen LogP) is 4.95. The van der Waals surface area contributed by atoms with Gasteiger partial charge in [-0.05, 0) is 36.8 Å². The molecular weight excluding hydrogens is 425 g/mol. The lowest BCUT2D eigenvalue weighted by molar-refractivity contribution is 0.0410. The van der Waals surface area contributed by atoms with Crippen LogP contribution >= 0.6 is 11.8 Å². The molecule has 6 nitrogen and oxygen atoms in total. The Hall–Kier alpha value is -3.62. The van der Waals surface area contributed by atoms with Crippen LogP contribution in [-0.4, -0.2) is 22.2 Å². The summed E-state index contributed by atoms with van der Waals surface area (Å²) in [5.41, 5.74) is 9.41. The van der Waals surface area contributed by atoms with E-state index in [1.807, 2.05) is 25.1 Å². The molecule has 0 amide bonds. The molecule has 1 aromatic carbocycles. The standard InChI is InChI=1S/C24H20FN5OS/c1-14-3-2-4-17(29-14)13-32-24-21(12-27)22(20(11-26)23(28)30-24)15-5-7-18(8-6-15)31-19-9-16(25)10-19/h2-8,16,19H,9-10,13H2,1H3,(H2,28,30). The van der Waals surface area contributed by atoms with Crippen molar-refractivity contribution in [3.8, 4) is 29.0 Å². The van der Waals surface area contributed by atoms with E-state index in [0.717, 1.165) is 11.4 Å². The number of aryl methyl sites for hydroxylation is 1. The number of anilines is 1. The maximum Gasteiger partial charge on any atom is 0.143 e. The molecule has 2 heterocycles. The minimum atomic E-state index is -0.790. The Balaban J connectivity index is 1.66. The lowest BCUT2D eigenvalue weighted by Gasteiger charge is -2.30. The van der Waals surface area contributed by atoms with E-state index in [-0.39, 0.29) is 17.5 Å². The second-order valence-electron chi connectivity index (χ2n) is 7.54. The number of nitrogens with two attached hydrogens (primary N) is 1. The maximum atomic E-state index is 13.0. The number of hydrogen-bond donors (Lipinski definition) is 1. The minimum Gasteiger partial charge on any atom is -0.490 e. The molecule has 2 aromatic heterocycles. The summed E-state index contributed by atoms with van der Waals surface area (Å²) in [7, 11) is 0. The van der Waals surface area contributed by atoms with Crippen LogP contribution in [0, 0.1) is 29.6 Å². The SMILES string of the molecule is Cc1cccc(CSc2nc(N)c(C#N)c(-c3ccc(OC4CC(F)C4)cc3)c2C#N)n1. The third-order valence-electron chi connectivity index (χ3n) is 5.20. The van der Waals surface area contributed by atoms with E-state index in [4.69, 9.17) is 10.5 Å². The number of benzene rings is 1. The number of nitriles is 2. The molecule has 0 saturated heterocycles. The number of hydrogen-bond acceptors (Lipinski definition) is 7. The number of alkyl halides is 1. The first-order chi connectivity index (χ1) is 15.5. The van der Waals surface area contributed by atoms with Gasteiger partial charge in [0.2, 0.25) is 0 Å². The summed E-state index contributed by atoms with van der Waals surface area (Å²) in [6.45, 7) is 1.92. The largest absolute Gasteiger partial charge is 0.490 e. The Bertz CT molecular complexity index is 1230. The highest BCUT2D eigenvalue weighted by Gasteiger charge is 2.30. The molecule has 0 atom stereocenters. The van der Waals surface area contributed by atoms with Crippen LogP contribution in [0.5, 0.6) is 5.75 Å². The van der Waals surface area contributed by atoms with Crippen molar-refractivity contribution in [1.82, 2.24) is 9.97 Å². The van der Waals surface area contributed by atoms with Crippen LogP contribution in [0.25, 0.3) is 11.1 Å². The van der Waals surface area contributed by atoms with Crippen LogP contribution in [0.2, 0.25) is 0 Å². The van der Waals surface area contributed by atoms with Gasteiger partial charge in [-0.3, -0.25) is 4.98 Å². The van der Waals surface area contributed by atoms with Crippen LogP contribution in [0.4, 0.5) is 10.2 Å². The number of thioether (sulfide) groups is 1. The zero-order valence-corrected chi connectivity index (χ0v) is 18.2. The summed E-state index contributed by atoms with van der Waals surface area (Å²) < 4.78 is 18.8. The highest BCUT2D eigenvalue weighted by atomic mass is 32.2. The van der Waals surface area contributed by atoms with Gasteiger partial charge >= 0.3 is 0 Å². The van der Waals surface area contributed by atoms with E-state index in [2.05, 4.69) is 22.1 Å². The molecule has 32 heavy (non-hydrogen) atoms. The number of pyridine rings is 2. The van der Waals surface area contributed by atoms with Gasteiger partial charge in [0, 0.05) is 29.9 Å². The van der Waals surface area contributed by atoms with Gasteiger partial charge in [-0.1, -0.05) is 30.0 Å². The summed E-state index contributed by atoms with van der Waals surface area (Å²) >= 11 is 1.35. The van der Waals surface area contributed by atoms with Crippen LogP contribution in [0.1, 0.15) is 35.4 Å². The first kappa shape index (κ1) is 21.6. The van der Waals surface area contributed by atoms with Gasteiger partial charge in [0.15, 0.2) is 0 Å². The fourth-order valence-corrected chi connectivity index (χ4v) is 4.40. The number of halogens is 1. The van der Waals surface area contributed by atoms with E-state index < -0.39 is 6.17 Å². The van der Waals surface area contributed by atoms with Crippen molar-refractivity contribution in [2.45, 2.75) is 42.8 Å². The van der Waals surface area contributed by atoms with E-state index in [9.17, 15) is 14.9 Å². The lowest BCUT2D eigenvalue weighted by Crippen LogP contribution is -2.34. The van der Waals surface area contributed by atoms with Gasteiger partial charge in [-0.15, -0.1) is 0 Å². The van der Waals surface area contributed by atoms with Gasteiger partial charge in [-0.25, -0.2) is 9.37 Å². The number of rotatable bonds is 6. The highest BCUT2D eigenvalue weighted by Crippen LogP contribution is 2.37. The van der Waals surface area contributed by atoms with Crippen molar-refractivity contribution in [3.63, 3.8) is 0 Å². The normalized spacial score (nSPS) is 17.1. The van der Waals surface area contributed by atoms with E-state index in [0.29, 0.717) is 46.1 Å². The van der Waals surface area contributed by atoms with Crippen LogP contribution < -0.4 is 10.5 Å². The molecule has 1 fully saturated rings. The molecule has 2 N–H and O–H groups in total. The molecule has 0 bridgehead atoms. The van der Waals surface area contributed by atoms with Crippen LogP contribution in [0.3, 0.4) is 0 Å². The second-order valence-corrected chi connectivity index (χ2v) is 8.51. The first-order valence-corrected chi connectivity index (χ1v) is 11.1. The molecule has 0 aliphatic heterocycles. The minimum absolute atomic E-state index is 0.0741. The van der Waals surface area contributed by atoms with Crippen LogP contribution in [-0.2, 0) is 5.75 Å². The quantitative estimate of drug-likeness (QED) is 0.535. The average molecular weight is 446 g/mol. The fraction of sp³-hybridized carbons (Fsp3) is 0.250. The van der Waals surface area contributed by atoms with Crippen molar-refractivity contribution in [3.05, 3.63) is 65.0 Å². The van der Waals surface area contributed by atoms with Gasteiger partial charge in [0.05, 0.1) is 11.3 Å². The Morgan fingerprint density at radius 1 is 1.09 bits per heavy atom. The van der Waals surface area contributed by atoms with Crippen molar-refractivity contribution < 1.29 is 9.13 Å². The Morgan fingerprint density at radius 2 is 1.81 bits per heavy atom. The number of ether oxygens (including phenoxy) is 1. The fourth-order valence-electron chi connectivity index (χ4n) is 3.50. The second kappa shape index (κ2) is 9.25. The smallest absolute Gasteiger partial charge is 0.143 e. The van der Waals surface area contributed by atoms with Gasteiger partial charge in [0.25, 0.3) is 0 Å². The Morgan fingerprint density at radius 3 is 2.44 bits per heavy atom. The summed E-state index contributed by atoms with van der Waals surface area (Å²) in [6, 6.07) is 17.1. The third kappa shape index (κ3) is 4.51. The Labute approximate surface area is 189 Å². The lowest BCUT2D eigenvalue weighted by atomic mass is 9.93. The molecule has 3 aromatic rings. The monoisotopic (exact) mass is 445 g/mol. The number of aromatic nitrogens is 2. The van der Waals surface area contributed by atoms with Gasteiger partial charge < -0.3 is 10.5 Å². The number of nitrogens with zero attached hydrogens (tertiary/aromatic N) is 4. The van der Waals surface area contributed by atoms with Crippen molar-refractivity contribution >= 4 is 17.6 Å². The van der Waals surface area contributed by atoms with Crippen molar-refractivity contribution in [1.29, 1.82) is 10.5 Å². The zero-order valence-electron chi connectivity index (χ0n) is 17.4. The van der Waals surface area contributed by atoms with Gasteiger partial charge in [-0.2, -0.15) is 10.5 Å². The first-order valence-electron chi connectivity index (χ1n) is 10.1. The summed E-state index contributed by atoms with van der Waals surface area (Å²) in [5, 5.41) is 20.1. The van der Waals surface area contributed by atoms with E-state index in [1.54, 1.807) is 24.3 Å². The molecule has 1 aliphatic rings. The molecular formula is C24H20FN5OS. The average Bonchev–Trinajstić information content (AvgIpc) is 2.76.